The molecular formula is C17H32IN5O2. The molecule has 1 saturated heterocycles. The molecule has 1 aromatic rings. The van der Waals surface area contributed by atoms with Crippen LogP contribution in [0.15, 0.2) is 15.6 Å². The fourth-order valence-electron chi connectivity index (χ4n) is 2.57. The second-order valence-corrected chi connectivity index (χ2v) is 6.39. The minimum atomic E-state index is 0. The lowest BCUT2D eigenvalue weighted by molar-refractivity contribution is 0.0372. The first kappa shape index (κ1) is 22.2. The smallest absolute Gasteiger partial charge is 0.191 e. The highest BCUT2D eigenvalue weighted by atomic mass is 127. The Balaban J connectivity index is 0.00000312. The Morgan fingerprint density at radius 1 is 1.28 bits per heavy atom. The van der Waals surface area contributed by atoms with Gasteiger partial charge >= 0.3 is 0 Å². The Hall–Kier alpha value is -0.870. The highest BCUT2D eigenvalue weighted by molar-refractivity contribution is 14.0. The summed E-state index contributed by atoms with van der Waals surface area (Å²) in [5.41, 5.74) is 0.984. The van der Waals surface area contributed by atoms with Gasteiger partial charge in [0.25, 0.3) is 0 Å². The van der Waals surface area contributed by atoms with Crippen molar-refractivity contribution in [3.63, 3.8) is 0 Å². The van der Waals surface area contributed by atoms with Gasteiger partial charge in [0.15, 0.2) is 11.7 Å². The molecule has 7 nitrogen and oxygen atoms in total. The maximum absolute atomic E-state index is 5.36. The van der Waals surface area contributed by atoms with E-state index in [0.717, 1.165) is 63.2 Å². The standard InChI is InChI=1S/C17H31N5O2.HI/c1-14(2)16-12-15(24-21-16)13-20-17(18-3)19-6-4-5-7-22-8-10-23-11-9-22;/h12,14H,4-11,13H2,1-3H3,(H2,18,19,20);1H. The summed E-state index contributed by atoms with van der Waals surface area (Å²) < 4.78 is 10.7. The summed E-state index contributed by atoms with van der Waals surface area (Å²) in [6.07, 6.45) is 2.31. The minimum Gasteiger partial charge on any atom is -0.379 e. The monoisotopic (exact) mass is 465 g/mol. The van der Waals surface area contributed by atoms with E-state index in [1.165, 1.54) is 6.42 Å². The van der Waals surface area contributed by atoms with Crippen LogP contribution in [-0.4, -0.2) is 62.5 Å². The van der Waals surface area contributed by atoms with Crippen molar-refractivity contribution in [3.05, 3.63) is 17.5 Å². The first-order valence-corrected chi connectivity index (χ1v) is 8.89. The molecule has 0 aromatic carbocycles. The summed E-state index contributed by atoms with van der Waals surface area (Å²) in [4.78, 5) is 6.70. The number of nitrogens with zero attached hydrogens (tertiary/aromatic N) is 3. The third kappa shape index (κ3) is 8.37. The van der Waals surface area contributed by atoms with E-state index in [4.69, 9.17) is 9.26 Å². The van der Waals surface area contributed by atoms with Crippen LogP contribution >= 0.6 is 24.0 Å². The topological polar surface area (TPSA) is 74.9 Å². The van der Waals surface area contributed by atoms with Gasteiger partial charge in [0, 0.05) is 32.7 Å². The first-order chi connectivity index (χ1) is 11.7. The molecule has 25 heavy (non-hydrogen) atoms. The van der Waals surface area contributed by atoms with E-state index in [1.54, 1.807) is 7.05 Å². The van der Waals surface area contributed by atoms with Crippen molar-refractivity contribution < 1.29 is 9.26 Å². The molecule has 0 aliphatic carbocycles. The number of halogens is 1. The summed E-state index contributed by atoms with van der Waals surface area (Å²) >= 11 is 0. The molecule has 1 fully saturated rings. The number of aliphatic imine (C=N–C) groups is 1. The number of hydrogen-bond donors (Lipinski definition) is 2. The molecule has 0 spiro atoms. The first-order valence-electron chi connectivity index (χ1n) is 8.89. The summed E-state index contributed by atoms with van der Waals surface area (Å²) in [6, 6.07) is 1.99. The molecule has 0 atom stereocenters. The highest BCUT2D eigenvalue weighted by Gasteiger charge is 2.10. The lowest BCUT2D eigenvalue weighted by Gasteiger charge is -2.26. The van der Waals surface area contributed by atoms with E-state index in [2.05, 4.69) is 39.5 Å². The number of ether oxygens (including phenoxy) is 1. The molecule has 0 amide bonds. The van der Waals surface area contributed by atoms with Crippen LogP contribution in [0.1, 0.15) is 44.1 Å². The Labute approximate surface area is 168 Å². The van der Waals surface area contributed by atoms with Crippen molar-refractivity contribution in [2.75, 3.05) is 46.4 Å². The molecule has 0 unspecified atom stereocenters. The normalized spacial score (nSPS) is 15.9. The van der Waals surface area contributed by atoms with Crippen LogP contribution in [-0.2, 0) is 11.3 Å². The van der Waals surface area contributed by atoms with Crippen molar-refractivity contribution in [1.82, 2.24) is 20.7 Å². The molecule has 0 radical (unpaired) electrons. The van der Waals surface area contributed by atoms with Gasteiger partial charge in [-0.05, 0) is 25.3 Å². The zero-order valence-electron chi connectivity index (χ0n) is 15.6. The average molecular weight is 465 g/mol. The van der Waals surface area contributed by atoms with Gasteiger partial charge in [0.05, 0.1) is 25.5 Å². The van der Waals surface area contributed by atoms with Crippen LogP contribution in [0.5, 0.6) is 0 Å². The molecule has 1 aromatic heterocycles. The number of unbranched alkanes of at least 4 members (excludes halogenated alkanes) is 1. The molecule has 2 heterocycles. The Morgan fingerprint density at radius 3 is 2.68 bits per heavy atom. The van der Waals surface area contributed by atoms with E-state index in [1.807, 2.05) is 6.07 Å². The van der Waals surface area contributed by atoms with Gasteiger partial charge in [0.1, 0.15) is 0 Å². The summed E-state index contributed by atoms with van der Waals surface area (Å²) in [6.45, 7) is 10.7. The molecule has 144 valence electrons. The number of morpholine rings is 1. The zero-order chi connectivity index (χ0) is 17.2. The third-order valence-electron chi connectivity index (χ3n) is 4.12. The van der Waals surface area contributed by atoms with Gasteiger partial charge in [-0.3, -0.25) is 9.89 Å². The number of rotatable bonds is 8. The summed E-state index contributed by atoms with van der Waals surface area (Å²) in [5.74, 6) is 2.00. The Kier molecular flexibility index (Phi) is 11.1. The Morgan fingerprint density at radius 2 is 2.04 bits per heavy atom. The van der Waals surface area contributed by atoms with E-state index in [-0.39, 0.29) is 24.0 Å². The van der Waals surface area contributed by atoms with Crippen LogP contribution in [0, 0.1) is 0 Å². The second kappa shape index (κ2) is 12.5. The number of aromatic nitrogens is 1. The maximum Gasteiger partial charge on any atom is 0.191 e. The van der Waals surface area contributed by atoms with Crippen LogP contribution in [0.4, 0.5) is 0 Å². The van der Waals surface area contributed by atoms with Crippen LogP contribution < -0.4 is 10.6 Å². The molecule has 2 rings (SSSR count). The maximum atomic E-state index is 5.36. The fraction of sp³-hybridized carbons (Fsp3) is 0.765. The zero-order valence-corrected chi connectivity index (χ0v) is 17.9. The van der Waals surface area contributed by atoms with Crippen molar-refractivity contribution >= 4 is 29.9 Å². The largest absolute Gasteiger partial charge is 0.379 e. The minimum absolute atomic E-state index is 0. The van der Waals surface area contributed by atoms with Crippen molar-refractivity contribution in [2.24, 2.45) is 4.99 Å². The van der Waals surface area contributed by atoms with Crippen LogP contribution in [0.3, 0.4) is 0 Å². The number of guanidine groups is 1. The average Bonchev–Trinajstić information content (AvgIpc) is 3.07. The quantitative estimate of drug-likeness (QED) is 0.266. The molecular weight excluding hydrogens is 433 g/mol. The van der Waals surface area contributed by atoms with E-state index >= 15 is 0 Å². The van der Waals surface area contributed by atoms with Crippen molar-refractivity contribution in [1.29, 1.82) is 0 Å². The third-order valence-corrected chi connectivity index (χ3v) is 4.12. The predicted molar refractivity (Wildman–Crippen MR) is 111 cm³/mol. The fourth-order valence-corrected chi connectivity index (χ4v) is 2.57. The van der Waals surface area contributed by atoms with Gasteiger partial charge in [-0.25, -0.2) is 0 Å². The summed E-state index contributed by atoms with van der Waals surface area (Å²) in [5, 5.41) is 10.7. The van der Waals surface area contributed by atoms with E-state index in [9.17, 15) is 0 Å². The van der Waals surface area contributed by atoms with Gasteiger partial charge in [-0.1, -0.05) is 19.0 Å². The SMILES string of the molecule is CN=C(NCCCCN1CCOCC1)NCc1cc(C(C)C)no1.I. The van der Waals surface area contributed by atoms with Gasteiger partial charge in [-0.2, -0.15) is 0 Å². The highest BCUT2D eigenvalue weighted by Crippen LogP contribution is 2.13. The van der Waals surface area contributed by atoms with Crippen molar-refractivity contribution in [2.45, 2.75) is 39.2 Å². The Bertz CT molecular complexity index is 501. The molecule has 0 saturated carbocycles. The predicted octanol–water partition coefficient (Wildman–Crippen LogP) is 2.19. The van der Waals surface area contributed by atoms with Crippen LogP contribution in [0.2, 0.25) is 0 Å². The number of nitrogens with one attached hydrogen (secondary N) is 2. The van der Waals surface area contributed by atoms with Gasteiger partial charge in [-0.15, -0.1) is 24.0 Å². The van der Waals surface area contributed by atoms with Crippen LogP contribution in [0.25, 0.3) is 0 Å². The van der Waals surface area contributed by atoms with Gasteiger partial charge in [0.2, 0.25) is 0 Å². The lowest BCUT2D eigenvalue weighted by Crippen LogP contribution is -2.38. The molecule has 2 N–H and O–H groups in total. The molecule has 0 bridgehead atoms. The molecule has 8 heteroatoms. The lowest BCUT2D eigenvalue weighted by atomic mass is 10.1. The number of hydrogen-bond acceptors (Lipinski definition) is 5. The molecule has 1 aliphatic heterocycles. The van der Waals surface area contributed by atoms with Gasteiger partial charge < -0.3 is 19.9 Å². The molecule has 1 aliphatic rings. The van der Waals surface area contributed by atoms with E-state index in [0.29, 0.717) is 12.5 Å². The van der Waals surface area contributed by atoms with Crippen molar-refractivity contribution in [3.8, 4) is 0 Å². The summed E-state index contributed by atoms with van der Waals surface area (Å²) in [7, 11) is 1.78. The van der Waals surface area contributed by atoms with E-state index < -0.39 is 0 Å². The second-order valence-electron chi connectivity index (χ2n) is 6.39.